The molecule has 1 heterocycles. The van der Waals surface area contributed by atoms with Gasteiger partial charge in [0.25, 0.3) is 0 Å². The molecule has 1 unspecified atom stereocenters. The monoisotopic (exact) mass is 419 g/mol. The SMILES string of the molecule is CC(CC(=O)Nc1cccc(N2CCCC2)c1)NC(=O)Cc1ccc2c(c1)CCCC2. The van der Waals surface area contributed by atoms with Crippen molar-refractivity contribution >= 4 is 23.2 Å². The van der Waals surface area contributed by atoms with Crippen LogP contribution in [0.3, 0.4) is 0 Å². The molecule has 2 aromatic carbocycles. The number of carbonyl (C=O) groups is 2. The molecule has 2 N–H and O–H groups in total. The number of fused-ring (bicyclic) bond motifs is 1. The Morgan fingerprint density at radius 3 is 2.52 bits per heavy atom. The van der Waals surface area contributed by atoms with Crippen LogP contribution in [0, 0.1) is 0 Å². The van der Waals surface area contributed by atoms with E-state index in [9.17, 15) is 9.59 Å². The molecule has 31 heavy (non-hydrogen) atoms. The van der Waals surface area contributed by atoms with Crippen molar-refractivity contribution in [1.82, 2.24) is 5.32 Å². The third-order valence-electron chi connectivity index (χ3n) is 6.28. The fourth-order valence-electron chi connectivity index (χ4n) is 4.70. The molecule has 1 saturated heterocycles. The molecule has 0 bridgehead atoms. The smallest absolute Gasteiger partial charge is 0.226 e. The predicted molar refractivity (Wildman–Crippen MR) is 126 cm³/mol. The highest BCUT2D eigenvalue weighted by Gasteiger charge is 2.16. The first-order valence-corrected chi connectivity index (χ1v) is 11.6. The van der Waals surface area contributed by atoms with Crippen molar-refractivity contribution in [2.75, 3.05) is 23.3 Å². The number of hydrogen-bond acceptors (Lipinski definition) is 3. The summed E-state index contributed by atoms with van der Waals surface area (Å²) in [6, 6.07) is 14.2. The van der Waals surface area contributed by atoms with E-state index >= 15 is 0 Å². The summed E-state index contributed by atoms with van der Waals surface area (Å²) in [6.07, 6.45) is 7.80. The summed E-state index contributed by atoms with van der Waals surface area (Å²) in [4.78, 5) is 27.3. The van der Waals surface area contributed by atoms with Gasteiger partial charge in [-0.05, 0) is 80.3 Å². The van der Waals surface area contributed by atoms with Gasteiger partial charge in [0.15, 0.2) is 0 Å². The first-order valence-electron chi connectivity index (χ1n) is 11.6. The Morgan fingerprint density at radius 2 is 1.71 bits per heavy atom. The van der Waals surface area contributed by atoms with Gasteiger partial charge in [0.1, 0.15) is 0 Å². The molecule has 0 spiro atoms. The van der Waals surface area contributed by atoms with Crippen LogP contribution < -0.4 is 15.5 Å². The van der Waals surface area contributed by atoms with Gasteiger partial charge in [0, 0.05) is 36.9 Å². The number of amides is 2. The molecule has 4 rings (SSSR count). The van der Waals surface area contributed by atoms with E-state index in [2.05, 4.69) is 39.8 Å². The average Bonchev–Trinajstić information content (AvgIpc) is 3.28. The van der Waals surface area contributed by atoms with Gasteiger partial charge in [-0.2, -0.15) is 0 Å². The third kappa shape index (κ3) is 5.87. The van der Waals surface area contributed by atoms with E-state index in [0.29, 0.717) is 6.42 Å². The van der Waals surface area contributed by atoms with E-state index in [-0.39, 0.29) is 24.3 Å². The summed E-state index contributed by atoms with van der Waals surface area (Å²) in [5, 5.41) is 5.95. The number of benzene rings is 2. The molecule has 2 aromatic rings. The lowest BCUT2D eigenvalue weighted by Crippen LogP contribution is -2.36. The van der Waals surface area contributed by atoms with Crippen LogP contribution in [0.25, 0.3) is 0 Å². The zero-order valence-electron chi connectivity index (χ0n) is 18.5. The van der Waals surface area contributed by atoms with Gasteiger partial charge in [-0.25, -0.2) is 0 Å². The number of carbonyl (C=O) groups excluding carboxylic acids is 2. The zero-order valence-corrected chi connectivity index (χ0v) is 18.5. The highest BCUT2D eigenvalue weighted by molar-refractivity contribution is 5.92. The topological polar surface area (TPSA) is 61.4 Å². The minimum absolute atomic E-state index is 0.0351. The number of anilines is 2. The normalized spacial score (nSPS) is 16.5. The molecule has 2 aliphatic rings. The Morgan fingerprint density at radius 1 is 0.935 bits per heavy atom. The second-order valence-electron chi connectivity index (χ2n) is 8.95. The van der Waals surface area contributed by atoms with Gasteiger partial charge in [0.2, 0.25) is 11.8 Å². The standard InChI is InChI=1S/C26H33N3O2/c1-19(27-26(31)17-20-11-12-21-7-2-3-8-22(21)16-20)15-25(30)28-23-9-6-10-24(18-23)29-13-4-5-14-29/h6,9-12,16,18-19H,2-5,7-8,13-15,17H2,1H3,(H,27,31)(H,28,30). The molecule has 1 atom stereocenters. The summed E-state index contributed by atoms with van der Waals surface area (Å²) in [5.41, 5.74) is 5.83. The molecular weight excluding hydrogens is 386 g/mol. The Balaban J connectivity index is 1.25. The van der Waals surface area contributed by atoms with E-state index in [1.165, 1.54) is 36.8 Å². The zero-order chi connectivity index (χ0) is 21.6. The van der Waals surface area contributed by atoms with Gasteiger partial charge in [0.05, 0.1) is 6.42 Å². The maximum atomic E-state index is 12.5. The van der Waals surface area contributed by atoms with Crippen LogP contribution in [0.15, 0.2) is 42.5 Å². The van der Waals surface area contributed by atoms with Crippen LogP contribution >= 0.6 is 0 Å². The first kappa shape index (κ1) is 21.4. The predicted octanol–water partition coefficient (Wildman–Crippen LogP) is 4.24. The van der Waals surface area contributed by atoms with Crippen molar-refractivity contribution in [3.8, 4) is 0 Å². The number of hydrogen-bond donors (Lipinski definition) is 2. The molecule has 0 saturated carbocycles. The van der Waals surface area contributed by atoms with Gasteiger partial charge >= 0.3 is 0 Å². The molecule has 164 valence electrons. The van der Waals surface area contributed by atoms with Crippen LogP contribution in [0.2, 0.25) is 0 Å². The second kappa shape index (κ2) is 9.99. The second-order valence-corrected chi connectivity index (χ2v) is 8.95. The van der Waals surface area contributed by atoms with Gasteiger partial charge < -0.3 is 15.5 Å². The highest BCUT2D eigenvalue weighted by Crippen LogP contribution is 2.24. The number of aryl methyl sites for hydroxylation is 2. The fraction of sp³-hybridized carbons (Fsp3) is 0.462. The molecular formula is C26H33N3O2. The first-order chi connectivity index (χ1) is 15.1. The van der Waals surface area contributed by atoms with Crippen LogP contribution in [-0.4, -0.2) is 30.9 Å². The van der Waals surface area contributed by atoms with Crippen LogP contribution in [0.5, 0.6) is 0 Å². The van der Waals surface area contributed by atoms with Gasteiger partial charge in [-0.3, -0.25) is 9.59 Å². The summed E-state index contributed by atoms with van der Waals surface area (Å²) in [5.74, 6) is -0.118. The minimum atomic E-state index is -0.216. The van der Waals surface area contributed by atoms with Gasteiger partial charge in [-0.15, -0.1) is 0 Å². The molecule has 1 fully saturated rings. The van der Waals surface area contributed by atoms with E-state index in [0.717, 1.165) is 42.9 Å². The summed E-state index contributed by atoms with van der Waals surface area (Å²) in [7, 11) is 0. The van der Waals surface area contributed by atoms with Gasteiger partial charge in [-0.1, -0.05) is 24.3 Å². The Labute approximate surface area is 185 Å². The highest BCUT2D eigenvalue weighted by atomic mass is 16.2. The summed E-state index contributed by atoms with van der Waals surface area (Å²) in [6.45, 7) is 4.03. The molecule has 0 radical (unpaired) electrons. The van der Waals surface area contributed by atoms with Crippen molar-refractivity contribution in [3.05, 3.63) is 59.2 Å². The molecule has 1 aliphatic carbocycles. The number of nitrogens with one attached hydrogen (secondary N) is 2. The summed E-state index contributed by atoms with van der Waals surface area (Å²) >= 11 is 0. The Bertz CT molecular complexity index is 934. The van der Waals surface area contributed by atoms with E-state index in [1.807, 2.05) is 25.1 Å². The Hall–Kier alpha value is -2.82. The molecule has 0 aromatic heterocycles. The lowest BCUT2D eigenvalue weighted by atomic mass is 9.90. The maximum Gasteiger partial charge on any atom is 0.226 e. The van der Waals surface area contributed by atoms with Crippen molar-refractivity contribution in [3.63, 3.8) is 0 Å². The molecule has 5 heteroatoms. The van der Waals surface area contributed by atoms with Crippen LogP contribution in [0.4, 0.5) is 11.4 Å². The molecule has 5 nitrogen and oxygen atoms in total. The lowest BCUT2D eigenvalue weighted by Gasteiger charge is -2.19. The molecule has 1 aliphatic heterocycles. The minimum Gasteiger partial charge on any atom is -0.371 e. The fourth-order valence-corrected chi connectivity index (χ4v) is 4.70. The largest absolute Gasteiger partial charge is 0.371 e. The van der Waals surface area contributed by atoms with Crippen LogP contribution in [-0.2, 0) is 28.9 Å². The maximum absolute atomic E-state index is 12.5. The Kier molecular flexibility index (Phi) is 6.90. The van der Waals surface area contributed by atoms with Crippen LogP contribution in [0.1, 0.15) is 55.7 Å². The van der Waals surface area contributed by atoms with E-state index < -0.39 is 0 Å². The van der Waals surface area contributed by atoms with Crippen molar-refractivity contribution in [1.29, 1.82) is 0 Å². The summed E-state index contributed by atoms with van der Waals surface area (Å²) < 4.78 is 0. The average molecular weight is 420 g/mol. The van der Waals surface area contributed by atoms with E-state index in [4.69, 9.17) is 0 Å². The number of nitrogens with zero attached hydrogens (tertiary/aromatic N) is 1. The number of rotatable bonds is 7. The van der Waals surface area contributed by atoms with E-state index in [1.54, 1.807) is 0 Å². The van der Waals surface area contributed by atoms with Crippen molar-refractivity contribution in [2.24, 2.45) is 0 Å². The molecule has 2 amide bonds. The van der Waals surface area contributed by atoms with Crippen molar-refractivity contribution in [2.45, 2.75) is 64.3 Å². The van der Waals surface area contributed by atoms with Crippen molar-refractivity contribution < 1.29 is 9.59 Å². The third-order valence-corrected chi connectivity index (χ3v) is 6.28. The quantitative estimate of drug-likeness (QED) is 0.706. The lowest BCUT2D eigenvalue weighted by molar-refractivity contribution is -0.121.